The van der Waals surface area contributed by atoms with Crippen LogP contribution in [-0.4, -0.2) is 33.6 Å². The molecule has 116 valence electrons. The highest BCUT2D eigenvalue weighted by Gasteiger charge is 2.31. The van der Waals surface area contributed by atoms with Gasteiger partial charge in [-0.2, -0.15) is 0 Å². The number of nitrogens with zero attached hydrogens (tertiary/aromatic N) is 2. The molecule has 2 aromatic rings. The highest BCUT2D eigenvalue weighted by Crippen LogP contribution is 2.34. The van der Waals surface area contributed by atoms with E-state index in [1.165, 1.54) is 11.3 Å². The summed E-state index contributed by atoms with van der Waals surface area (Å²) in [6.45, 7) is 0.114. The molecule has 0 spiro atoms. The van der Waals surface area contributed by atoms with E-state index in [1.54, 1.807) is 12.4 Å². The first kappa shape index (κ1) is 15.1. The van der Waals surface area contributed by atoms with Crippen LogP contribution in [0, 0.1) is 5.92 Å². The molecule has 0 saturated heterocycles. The zero-order valence-corrected chi connectivity index (χ0v) is 13.1. The fraction of sp³-hybridized carbons (Fsp3) is 0.438. The van der Waals surface area contributed by atoms with E-state index >= 15 is 0 Å². The molecule has 1 unspecified atom stereocenters. The van der Waals surface area contributed by atoms with Crippen molar-refractivity contribution >= 4 is 17.2 Å². The lowest BCUT2D eigenvalue weighted by molar-refractivity contribution is -0.121. The molecule has 0 bridgehead atoms. The van der Waals surface area contributed by atoms with E-state index in [4.69, 9.17) is 5.11 Å². The Kier molecular flexibility index (Phi) is 4.80. The lowest BCUT2D eigenvalue weighted by atomic mass is 10.1. The molecule has 3 rings (SSSR count). The molecule has 2 heterocycles. The molecular formula is C16H19N3O2S. The number of nitrogens with one attached hydrogen (secondary N) is 1. The van der Waals surface area contributed by atoms with Gasteiger partial charge in [0, 0.05) is 36.0 Å². The maximum absolute atomic E-state index is 12.1. The van der Waals surface area contributed by atoms with E-state index in [2.05, 4.69) is 15.3 Å². The fourth-order valence-corrected chi connectivity index (χ4v) is 3.31. The van der Waals surface area contributed by atoms with E-state index in [1.807, 2.05) is 17.5 Å². The molecule has 0 aliphatic heterocycles. The van der Waals surface area contributed by atoms with Gasteiger partial charge in [0.1, 0.15) is 5.01 Å². The number of carbonyl (C=O) groups excluding carboxylic acids is 1. The number of aliphatic hydroxyl groups is 1. The van der Waals surface area contributed by atoms with Gasteiger partial charge in [-0.15, -0.1) is 11.3 Å². The highest BCUT2D eigenvalue weighted by atomic mass is 32.1. The Morgan fingerprint density at radius 3 is 3.05 bits per heavy atom. The van der Waals surface area contributed by atoms with Crippen molar-refractivity contribution in [1.29, 1.82) is 0 Å². The third-order valence-electron chi connectivity index (χ3n) is 3.78. The van der Waals surface area contributed by atoms with Crippen LogP contribution in [-0.2, 0) is 11.2 Å². The monoisotopic (exact) mass is 317 g/mol. The molecule has 0 radical (unpaired) electrons. The van der Waals surface area contributed by atoms with Crippen LogP contribution in [0.3, 0.4) is 0 Å². The predicted molar refractivity (Wildman–Crippen MR) is 85.4 cm³/mol. The van der Waals surface area contributed by atoms with Crippen LogP contribution < -0.4 is 5.32 Å². The average Bonchev–Trinajstić information content (AvgIpc) is 3.28. The molecule has 1 aliphatic carbocycles. The maximum Gasteiger partial charge on any atom is 0.226 e. The topological polar surface area (TPSA) is 75.1 Å². The Balaban J connectivity index is 1.59. The lowest BCUT2D eigenvalue weighted by Gasteiger charge is -2.16. The number of rotatable bonds is 7. The number of pyridine rings is 1. The summed E-state index contributed by atoms with van der Waals surface area (Å²) < 4.78 is 0. The van der Waals surface area contributed by atoms with Crippen LogP contribution >= 0.6 is 11.3 Å². The van der Waals surface area contributed by atoms with Gasteiger partial charge in [-0.25, -0.2) is 4.98 Å². The lowest BCUT2D eigenvalue weighted by Crippen LogP contribution is -2.38. The summed E-state index contributed by atoms with van der Waals surface area (Å²) in [5, 5.41) is 14.9. The van der Waals surface area contributed by atoms with Crippen molar-refractivity contribution in [3.63, 3.8) is 0 Å². The molecule has 2 N–H and O–H groups in total. The molecule has 2 aromatic heterocycles. The summed E-state index contributed by atoms with van der Waals surface area (Å²) in [5.74, 6) is 0.519. The summed E-state index contributed by atoms with van der Waals surface area (Å²) in [6.07, 6.45) is 6.71. The summed E-state index contributed by atoms with van der Waals surface area (Å²) >= 11 is 1.52. The number of thiazole rings is 1. The summed E-state index contributed by atoms with van der Waals surface area (Å²) in [4.78, 5) is 20.7. The van der Waals surface area contributed by atoms with Gasteiger partial charge in [0.05, 0.1) is 12.1 Å². The van der Waals surface area contributed by atoms with Crippen LogP contribution in [0.5, 0.6) is 0 Å². The highest BCUT2D eigenvalue weighted by molar-refractivity contribution is 7.13. The molecule has 1 atom stereocenters. The minimum absolute atomic E-state index is 0.0200. The first-order chi connectivity index (χ1) is 10.8. The van der Waals surface area contributed by atoms with E-state index in [0.29, 0.717) is 12.3 Å². The van der Waals surface area contributed by atoms with Crippen LogP contribution in [0.25, 0.3) is 10.6 Å². The van der Waals surface area contributed by atoms with Crippen LogP contribution in [0.15, 0.2) is 29.9 Å². The van der Waals surface area contributed by atoms with Gasteiger partial charge in [-0.05, 0) is 37.3 Å². The molecule has 1 amide bonds. The Morgan fingerprint density at radius 1 is 1.50 bits per heavy atom. The Labute approximate surface area is 133 Å². The van der Waals surface area contributed by atoms with Gasteiger partial charge < -0.3 is 10.4 Å². The van der Waals surface area contributed by atoms with Crippen molar-refractivity contribution in [2.24, 2.45) is 5.92 Å². The summed E-state index contributed by atoms with van der Waals surface area (Å²) in [7, 11) is 0. The van der Waals surface area contributed by atoms with Gasteiger partial charge in [0.2, 0.25) is 5.91 Å². The number of aromatic nitrogens is 2. The van der Waals surface area contributed by atoms with Gasteiger partial charge in [0.15, 0.2) is 0 Å². The third kappa shape index (κ3) is 3.90. The quantitative estimate of drug-likeness (QED) is 0.819. The second-order valence-electron chi connectivity index (χ2n) is 5.59. The molecule has 1 fully saturated rings. The molecule has 0 aromatic carbocycles. The Hall–Kier alpha value is -1.79. The van der Waals surface area contributed by atoms with E-state index in [0.717, 1.165) is 29.1 Å². The number of carbonyl (C=O) groups is 1. The Bertz CT molecular complexity index is 625. The summed E-state index contributed by atoms with van der Waals surface area (Å²) in [6, 6.07) is 3.94. The molecule has 1 aliphatic rings. The van der Waals surface area contributed by atoms with Crippen molar-refractivity contribution in [3.05, 3.63) is 35.6 Å². The standard InChI is InChI=1S/C16H19N3O2S/c20-7-5-14(11-3-4-11)19-15(21)8-13-10-22-16(18-13)12-2-1-6-17-9-12/h1-2,6,9-11,14,20H,3-5,7-8H2,(H,19,21). The molecule has 6 heteroatoms. The average molecular weight is 317 g/mol. The first-order valence-electron chi connectivity index (χ1n) is 7.51. The van der Waals surface area contributed by atoms with E-state index < -0.39 is 0 Å². The second-order valence-corrected chi connectivity index (χ2v) is 6.44. The number of aliphatic hydroxyl groups excluding tert-OH is 1. The maximum atomic E-state index is 12.1. The molecule has 1 saturated carbocycles. The fourth-order valence-electron chi connectivity index (χ4n) is 2.50. The predicted octanol–water partition coefficient (Wildman–Crippen LogP) is 2.02. The SMILES string of the molecule is O=C(Cc1csc(-c2cccnc2)n1)NC(CCO)C1CC1. The van der Waals surface area contributed by atoms with Crippen molar-refractivity contribution < 1.29 is 9.90 Å². The van der Waals surface area contributed by atoms with E-state index in [-0.39, 0.29) is 25.0 Å². The second kappa shape index (κ2) is 6.98. The largest absolute Gasteiger partial charge is 0.396 e. The minimum Gasteiger partial charge on any atom is -0.396 e. The number of hydrogen-bond donors (Lipinski definition) is 2. The van der Waals surface area contributed by atoms with Crippen molar-refractivity contribution in [2.75, 3.05) is 6.61 Å². The molecular weight excluding hydrogens is 298 g/mol. The summed E-state index contributed by atoms with van der Waals surface area (Å²) in [5.41, 5.74) is 1.75. The minimum atomic E-state index is -0.0200. The number of amides is 1. The first-order valence-corrected chi connectivity index (χ1v) is 8.39. The molecule has 22 heavy (non-hydrogen) atoms. The van der Waals surface area contributed by atoms with Crippen molar-refractivity contribution in [3.8, 4) is 10.6 Å². The Morgan fingerprint density at radius 2 is 2.36 bits per heavy atom. The smallest absolute Gasteiger partial charge is 0.226 e. The normalized spacial score (nSPS) is 15.5. The number of hydrogen-bond acceptors (Lipinski definition) is 5. The van der Waals surface area contributed by atoms with Crippen LogP contribution in [0.1, 0.15) is 25.0 Å². The molecule has 5 nitrogen and oxygen atoms in total. The zero-order valence-electron chi connectivity index (χ0n) is 12.2. The van der Waals surface area contributed by atoms with Gasteiger partial charge in [-0.1, -0.05) is 0 Å². The van der Waals surface area contributed by atoms with Gasteiger partial charge in [0.25, 0.3) is 0 Å². The third-order valence-corrected chi connectivity index (χ3v) is 4.72. The van der Waals surface area contributed by atoms with Gasteiger partial charge >= 0.3 is 0 Å². The van der Waals surface area contributed by atoms with Gasteiger partial charge in [-0.3, -0.25) is 9.78 Å². The van der Waals surface area contributed by atoms with Crippen LogP contribution in [0.4, 0.5) is 0 Å². The van der Waals surface area contributed by atoms with Crippen molar-refractivity contribution in [2.45, 2.75) is 31.7 Å². The van der Waals surface area contributed by atoms with Crippen LogP contribution in [0.2, 0.25) is 0 Å². The zero-order chi connectivity index (χ0) is 15.4. The van der Waals surface area contributed by atoms with Crippen molar-refractivity contribution in [1.82, 2.24) is 15.3 Å². The van der Waals surface area contributed by atoms with E-state index in [9.17, 15) is 4.79 Å².